The van der Waals surface area contributed by atoms with Crippen LogP contribution in [0, 0.1) is 20.8 Å². The summed E-state index contributed by atoms with van der Waals surface area (Å²) in [7, 11) is 0. The van der Waals surface area contributed by atoms with Gasteiger partial charge in [-0.2, -0.15) is 0 Å². The third-order valence-corrected chi connectivity index (χ3v) is 3.54. The fraction of sp³-hybridized carbons (Fsp3) is 0.562. The van der Waals surface area contributed by atoms with E-state index in [9.17, 15) is 4.79 Å². The predicted molar refractivity (Wildman–Crippen MR) is 78.7 cm³/mol. The Bertz CT molecular complexity index is 411. The minimum absolute atomic E-state index is 0.431. The molecule has 19 heavy (non-hydrogen) atoms. The number of aryl methyl sites for hydroxylation is 3. The minimum Gasteiger partial charge on any atom is -0.478 e. The van der Waals surface area contributed by atoms with Gasteiger partial charge in [0.1, 0.15) is 0 Å². The fourth-order valence-corrected chi connectivity index (χ4v) is 2.65. The second kappa shape index (κ2) is 7.29. The van der Waals surface area contributed by atoms with Gasteiger partial charge >= 0.3 is 5.97 Å². The van der Waals surface area contributed by atoms with Crippen LogP contribution in [0.4, 0.5) is 0 Å². The molecule has 1 aliphatic carbocycles. The molecule has 1 fully saturated rings. The van der Waals surface area contributed by atoms with E-state index in [1.807, 2.05) is 32.9 Å². The van der Waals surface area contributed by atoms with E-state index < -0.39 is 5.97 Å². The molecule has 1 saturated carbocycles. The average Bonchev–Trinajstić information content (AvgIpc) is 2.28. The SMILES string of the molecule is Cc1cc(C)c(C(=O)O)c(C)c1.NC1CCCCC1. The fourth-order valence-electron chi connectivity index (χ4n) is 2.65. The maximum absolute atomic E-state index is 10.8. The summed E-state index contributed by atoms with van der Waals surface area (Å²) >= 11 is 0. The number of carboxylic acids is 1. The standard InChI is InChI=1S/C10H12O2.C6H13N/c1-6-4-7(2)9(10(11)12)8(3)5-6;7-6-4-2-1-3-5-6/h4-5H,1-3H3,(H,11,12);6H,1-5,7H2. The van der Waals surface area contributed by atoms with Crippen LogP contribution in [-0.2, 0) is 0 Å². The molecule has 0 aromatic heterocycles. The summed E-state index contributed by atoms with van der Waals surface area (Å²) in [5.74, 6) is -0.843. The molecule has 1 aliphatic rings. The highest BCUT2D eigenvalue weighted by Crippen LogP contribution is 2.16. The van der Waals surface area contributed by atoms with Gasteiger partial charge in [-0.3, -0.25) is 0 Å². The van der Waals surface area contributed by atoms with E-state index >= 15 is 0 Å². The average molecular weight is 263 g/mol. The Hall–Kier alpha value is -1.35. The lowest BCUT2D eigenvalue weighted by Gasteiger charge is -2.15. The van der Waals surface area contributed by atoms with Crippen LogP contribution >= 0.6 is 0 Å². The molecule has 0 aliphatic heterocycles. The molecule has 2 rings (SSSR count). The van der Waals surface area contributed by atoms with E-state index in [0.29, 0.717) is 11.6 Å². The van der Waals surface area contributed by atoms with Crippen LogP contribution in [0.5, 0.6) is 0 Å². The van der Waals surface area contributed by atoms with Crippen molar-refractivity contribution < 1.29 is 9.90 Å². The monoisotopic (exact) mass is 263 g/mol. The Morgan fingerprint density at radius 3 is 1.89 bits per heavy atom. The molecule has 0 atom stereocenters. The van der Waals surface area contributed by atoms with E-state index in [2.05, 4.69) is 0 Å². The third kappa shape index (κ3) is 5.03. The molecule has 0 saturated heterocycles. The summed E-state index contributed by atoms with van der Waals surface area (Å²) < 4.78 is 0. The van der Waals surface area contributed by atoms with E-state index in [-0.39, 0.29) is 0 Å². The molecule has 0 amide bonds. The molecule has 3 N–H and O–H groups in total. The van der Waals surface area contributed by atoms with E-state index in [4.69, 9.17) is 10.8 Å². The van der Waals surface area contributed by atoms with Gasteiger partial charge in [0.05, 0.1) is 5.56 Å². The maximum atomic E-state index is 10.8. The normalized spacial score (nSPS) is 15.6. The van der Waals surface area contributed by atoms with Gasteiger partial charge in [0.2, 0.25) is 0 Å². The number of hydrogen-bond donors (Lipinski definition) is 2. The number of nitrogens with two attached hydrogens (primary N) is 1. The van der Waals surface area contributed by atoms with Crippen molar-refractivity contribution in [3.05, 3.63) is 34.4 Å². The number of rotatable bonds is 1. The number of carboxylic acid groups (broad SMARTS) is 1. The first-order valence-corrected chi connectivity index (χ1v) is 6.98. The zero-order valence-electron chi connectivity index (χ0n) is 12.2. The Kier molecular flexibility index (Phi) is 6.03. The van der Waals surface area contributed by atoms with Crippen molar-refractivity contribution in [2.24, 2.45) is 5.73 Å². The number of aromatic carboxylic acids is 1. The molecule has 0 bridgehead atoms. The van der Waals surface area contributed by atoms with Crippen molar-refractivity contribution in [2.75, 3.05) is 0 Å². The van der Waals surface area contributed by atoms with E-state index in [0.717, 1.165) is 16.7 Å². The van der Waals surface area contributed by atoms with Crippen molar-refractivity contribution in [1.82, 2.24) is 0 Å². The minimum atomic E-state index is -0.843. The summed E-state index contributed by atoms with van der Waals surface area (Å²) in [6.07, 6.45) is 6.66. The van der Waals surface area contributed by atoms with Crippen LogP contribution in [-0.4, -0.2) is 17.1 Å². The first kappa shape index (κ1) is 15.7. The van der Waals surface area contributed by atoms with Gasteiger partial charge in [-0.05, 0) is 44.7 Å². The molecule has 1 aromatic carbocycles. The third-order valence-electron chi connectivity index (χ3n) is 3.54. The zero-order chi connectivity index (χ0) is 14.4. The number of hydrogen-bond acceptors (Lipinski definition) is 2. The molecule has 3 heteroatoms. The molecule has 3 nitrogen and oxygen atoms in total. The van der Waals surface area contributed by atoms with Gasteiger partial charge < -0.3 is 10.8 Å². The topological polar surface area (TPSA) is 63.3 Å². The van der Waals surface area contributed by atoms with Crippen LogP contribution < -0.4 is 5.73 Å². The first-order valence-electron chi connectivity index (χ1n) is 6.98. The molecule has 0 radical (unpaired) electrons. The molecule has 0 unspecified atom stereocenters. The van der Waals surface area contributed by atoms with Gasteiger partial charge in [0, 0.05) is 6.04 Å². The number of benzene rings is 1. The highest BCUT2D eigenvalue weighted by Gasteiger charge is 2.10. The Morgan fingerprint density at radius 1 is 1.11 bits per heavy atom. The lowest BCUT2D eigenvalue weighted by Crippen LogP contribution is -2.22. The van der Waals surface area contributed by atoms with Crippen molar-refractivity contribution in [3.63, 3.8) is 0 Å². The highest BCUT2D eigenvalue weighted by atomic mass is 16.4. The second-order valence-corrected chi connectivity index (χ2v) is 5.48. The van der Waals surface area contributed by atoms with Gasteiger partial charge in [-0.15, -0.1) is 0 Å². The van der Waals surface area contributed by atoms with Crippen molar-refractivity contribution >= 4 is 5.97 Å². The van der Waals surface area contributed by atoms with Crippen LogP contribution in [0.25, 0.3) is 0 Å². The maximum Gasteiger partial charge on any atom is 0.336 e. The van der Waals surface area contributed by atoms with Crippen molar-refractivity contribution in [2.45, 2.75) is 58.9 Å². The van der Waals surface area contributed by atoms with Gasteiger partial charge in [-0.1, -0.05) is 37.0 Å². The Morgan fingerprint density at radius 2 is 1.58 bits per heavy atom. The summed E-state index contributed by atoms with van der Waals surface area (Å²) in [6, 6.07) is 4.31. The Labute approximate surface area is 115 Å². The molecular weight excluding hydrogens is 238 g/mol. The van der Waals surface area contributed by atoms with Gasteiger partial charge in [0.25, 0.3) is 0 Å². The molecular formula is C16H25NO2. The van der Waals surface area contributed by atoms with E-state index in [1.54, 1.807) is 0 Å². The predicted octanol–water partition coefficient (Wildman–Crippen LogP) is 3.59. The van der Waals surface area contributed by atoms with Gasteiger partial charge in [0.15, 0.2) is 0 Å². The molecule has 0 heterocycles. The van der Waals surface area contributed by atoms with Crippen LogP contribution in [0.3, 0.4) is 0 Å². The summed E-state index contributed by atoms with van der Waals surface area (Å²) in [4.78, 5) is 10.8. The molecule has 106 valence electrons. The lowest BCUT2D eigenvalue weighted by molar-refractivity contribution is 0.0695. The largest absolute Gasteiger partial charge is 0.478 e. The smallest absolute Gasteiger partial charge is 0.336 e. The molecule has 1 aromatic rings. The molecule has 0 spiro atoms. The van der Waals surface area contributed by atoms with Crippen LogP contribution in [0.1, 0.15) is 59.2 Å². The van der Waals surface area contributed by atoms with Crippen molar-refractivity contribution in [1.29, 1.82) is 0 Å². The number of carbonyl (C=O) groups is 1. The first-order chi connectivity index (χ1) is 8.91. The highest BCUT2D eigenvalue weighted by molar-refractivity contribution is 5.91. The van der Waals surface area contributed by atoms with Crippen molar-refractivity contribution in [3.8, 4) is 0 Å². The Balaban J connectivity index is 0.000000218. The van der Waals surface area contributed by atoms with E-state index in [1.165, 1.54) is 32.1 Å². The second-order valence-electron chi connectivity index (χ2n) is 5.48. The quantitative estimate of drug-likeness (QED) is 0.814. The summed E-state index contributed by atoms with van der Waals surface area (Å²) in [5.41, 5.74) is 8.84. The summed E-state index contributed by atoms with van der Waals surface area (Å²) in [5, 5.41) is 8.84. The van der Waals surface area contributed by atoms with Crippen LogP contribution in [0.15, 0.2) is 12.1 Å². The summed E-state index contributed by atoms with van der Waals surface area (Å²) in [6.45, 7) is 5.61. The lowest BCUT2D eigenvalue weighted by atomic mass is 9.97. The zero-order valence-corrected chi connectivity index (χ0v) is 12.2. The van der Waals surface area contributed by atoms with Crippen LogP contribution in [0.2, 0.25) is 0 Å². The van der Waals surface area contributed by atoms with Gasteiger partial charge in [-0.25, -0.2) is 4.79 Å².